The number of nitrogens with one attached hydrogen (secondary N) is 1. The first kappa shape index (κ1) is 21.8. The van der Waals surface area contributed by atoms with Gasteiger partial charge in [0.15, 0.2) is 11.5 Å². The summed E-state index contributed by atoms with van der Waals surface area (Å²) >= 11 is 0. The molecule has 3 rings (SSSR count). The molecule has 0 radical (unpaired) electrons. The molecule has 0 aliphatic rings. The molecule has 0 heterocycles. The van der Waals surface area contributed by atoms with Gasteiger partial charge in [0.1, 0.15) is 23.9 Å². The minimum atomic E-state index is -0.274. The third-order valence-electron chi connectivity index (χ3n) is 4.37. The molecule has 0 fully saturated rings. The molecule has 0 aromatic heterocycles. The number of para-hydroxylation sites is 1. The summed E-state index contributed by atoms with van der Waals surface area (Å²) in [7, 11) is 4.52. The van der Waals surface area contributed by atoms with Crippen LogP contribution in [0.4, 0.5) is 0 Å². The predicted molar refractivity (Wildman–Crippen MR) is 117 cm³/mol. The first-order chi connectivity index (χ1) is 15.1. The van der Waals surface area contributed by atoms with E-state index in [4.69, 9.17) is 23.7 Å². The van der Waals surface area contributed by atoms with Gasteiger partial charge in [-0.2, -0.15) is 0 Å². The molecule has 7 heteroatoms. The van der Waals surface area contributed by atoms with Crippen LogP contribution < -0.4 is 29.0 Å². The molecule has 3 aromatic rings. The minimum Gasteiger partial charge on any atom is -0.493 e. The summed E-state index contributed by atoms with van der Waals surface area (Å²) in [6, 6.07) is 20.0. The first-order valence-corrected chi connectivity index (χ1v) is 9.68. The Morgan fingerprint density at radius 1 is 0.774 bits per heavy atom. The van der Waals surface area contributed by atoms with Crippen LogP contribution in [0.25, 0.3) is 0 Å². The van der Waals surface area contributed by atoms with Crippen LogP contribution in [0, 0.1) is 0 Å². The second kappa shape index (κ2) is 10.8. The van der Waals surface area contributed by atoms with Gasteiger partial charge in [-0.05, 0) is 36.4 Å². The van der Waals surface area contributed by atoms with Gasteiger partial charge in [0.05, 0.1) is 27.9 Å². The summed E-state index contributed by atoms with van der Waals surface area (Å²) in [5.41, 5.74) is 0.396. The third kappa shape index (κ3) is 5.82. The number of hydrogen-bond donors (Lipinski definition) is 1. The van der Waals surface area contributed by atoms with Gasteiger partial charge < -0.3 is 29.0 Å². The molecule has 0 unspecified atom stereocenters. The molecule has 162 valence electrons. The fourth-order valence-electron chi connectivity index (χ4n) is 2.90. The molecule has 0 aliphatic heterocycles. The van der Waals surface area contributed by atoms with Crippen molar-refractivity contribution in [1.29, 1.82) is 0 Å². The highest BCUT2D eigenvalue weighted by atomic mass is 16.5. The van der Waals surface area contributed by atoms with Crippen molar-refractivity contribution < 1.29 is 28.5 Å². The van der Waals surface area contributed by atoms with Crippen molar-refractivity contribution in [3.05, 3.63) is 72.3 Å². The molecule has 7 nitrogen and oxygen atoms in total. The summed E-state index contributed by atoms with van der Waals surface area (Å²) in [6.07, 6.45) is 0. The number of carbonyl (C=O) groups is 1. The number of methoxy groups -OCH3 is 3. The molecule has 31 heavy (non-hydrogen) atoms. The fraction of sp³-hybridized carbons (Fsp3) is 0.208. The van der Waals surface area contributed by atoms with Crippen molar-refractivity contribution >= 4 is 5.91 Å². The smallest absolute Gasteiger partial charge is 0.251 e. The quantitative estimate of drug-likeness (QED) is 0.490. The summed E-state index contributed by atoms with van der Waals surface area (Å²) in [5, 5.41) is 2.82. The SMILES string of the molecule is COc1cc(C(=O)NCCOc2cccc(Oc3ccccc3)c2)cc(OC)c1OC. The van der Waals surface area contributed by atoms with E-state index in [1.807, 2.05) is 48.5 Å². The Balaban J connectivity index is 1.54. The zero-order valence-electron chi connectivity index (χ0n) is 17.7. The Bertz CT molecular complexity index is 981. The van der Waals surface area contributed by atoms with E-state index in [1.54, 1.807) is 18.2 Å². The predicted octanol–water partition coefficient (Wildman–Crippen LogP) is 4.31. The van der Waals surface area contributed by atoms with Gasteiger partial charge in [0.2, 0.25) is 5.75 Å². The van der Waals surface area contributed by atoms with E-state index < -0.39 is 0 Å². The highest BCUT2D eigenvalue weighted by molar-refractivity contribution is 5.95. The van der Waals surface area contributed by atoms with Crippen LogP contribution >= 0.6 is 0 Å². The van der Waals surface area contributed by atoms with Gasteiger partial charge in [0.25, 0.3) is 5.91 Å². The second-order valence-corrected chi connectivity index (χ2v) is 6.41. The van der Waals surface area contributed by atoms with Gasteiger partial charge >= 0.3 is 0 Å². The number of ether oxygens (including phenoxy) is 5. The van der Waals surface area contributed by atoms with Crippen molar-refractivity contribution in [3.8, 4) is 34.5 Å². The van der Waals surface area contributed by atoms with Crippen LogP contribution in [-0.2, 0) is 0 Å². The second-order valence-electron chi connectivity index (χ2n) is 6.41. The van der Waals surface area contributed by atoms with E-state index in [2.05, 4.69) is 5.32 Å². The highest BCUT2D eigenvalue weighted by Gasteiger charge is 2.16. The van der Waals surface area contributed by atoms with Gasteiger partial charge in [-0.25, -0.2) is 0 Å². The zero-order valence-corrected chi connectivity index (χ0v) is 17.7. The van der Waals surface area contributed by atoms with Crippen LogP contribution in [0.1, 0.15) is 10.4 Å². The lowest BCUT2D eigenvalue weighted by molar-refractivity contribution is 0.0946. The molecule has 0 saturated carbocycles. The number of benzene rings is 3. The largest absolute Gasteiger partial charge is 0.493 e. The van der Waals surface area contributed by atoms with Crippen LogP contribution in [0.15, 0.2) is 66.7 Å². The van der Waals surface area contributed by atoms with Crippen molar-refractivity contribution in [2.75, 3.05) is 34.5 Å². The van der Waals surface area contributed by atoms with Crippen LogP contribution in [0.5, 0.6) is 34.5 Å². The van der Waals surface area contributed by atoms with Gasteiger partial charge in [-0.3, -0.25) is 4.79 Å². The topological polar surface area (TPSA) is 75.3 Å². The standard InChI is InChI=1S/C24H25NO6/c1-27-21-14-17(15-22(28-2)23(21)29-3)24(26)25-12-13-30-19-10-7-11-20(16-19)31-18-8-5-4-6-9-18/h4-11,14-16H,12-13H2,1-3H3,(H,25,26). The lowest BCUT2D eigenvalue weighted by Crippen LogP contribution is -2.28. The van der Waals surface area contributed by atoms with E-state index in [0.717, 1.165) is 5.75 Å². The summed E-state index contributed by atoms with van der Waals surface area (Å²) in [4.78, 5) is 12.5. The Morgan fingerprint density at radius 3 is 2.06 bits per heavy atom. The average molecular weight is 423 g/mol. The van der Waals surface area contributed by atoms with E-state index >= 15 is 0 Å². The van der Waals surface area contributed by atoms with Crippen molar-refractivity contribution in [1.82, 2.24) is 5.32 Å². The van der Waals surface area contributed by atoms with Crippen LogP contribution in [-0.4, -0.2) is 40.4 Å². The Morgan fingerprint density at radius 2 is 1.42 bits per heavy atom. The molecule has 1 N–H and O–H groups in total. The molecule has 0 spiro atoms. The van der Waals surface area contributed by atoms with E-state index in [-0.39, 0.29) is 5.91 Å². The first-order valence-electron chi connectivity index (χ1n) is 9.68. The van der Waals surface area contributed by atoms with Crippen LogP contribution in [0.3, 0.4) is 0 Å². The Kier molecular flexibility index (Phi) is 7.59. The van der Waals surface area contributed by atoms with Crippen molar-refractivity contribution in [2.45, 2.75) is 0 Å². The maximum Gasteiger partial charge on any atom is 0.251 e. The Labute approximate surface area is 181 Å². The maximum atomic E-state index is 12.5. The summed E-state index contributed by atoms with van der Waals surface area (Å²) in [5.74, 6) is 3.06. The van der Waals surface area contributed by atoms with Gasteiger partial charge in [-0.1, -0.05) is 24.3 Å². The van der Waals surface area contributed by atoms with Gasteiger partial charge in [0, 0.05) is 11.6 Å². The summed E-state index contributed by atoms with van der Waals surface area (Å²) < 4.78 is 27.4. The molecular weight excluding hydrogens is 398 g/mol. The Hall–Kier alpha value is -3.87. The molecule has 0 saturated heterocycles. The van der Waals surface area contributed by atoms with E-state index in [0.29, 0.717) is 47.5 Å². The zero-order chi connectivity index (χ0) is 22.1. The molecule has 0 bridgehead atoms. The van der Waals surface area contributed by atoms with Crippen molar-refractivity contribution in [2.24, 2.45) is 0 Å². The monoisotopic (exact) mass is 423 g/mol. The lowest BCUT2D eigenvalue weighted by Gasteiger charge is -2.14. The van der Waals surface area contributed by atoms with Gasteiger partial charge in [-0.15, -0.1) is 0 Å². The molecule has 1 amide bonds. The summed E-state index contributed by atoms with van der Waals surface area (Å²) in [6.45, 7) is 0.615. The van der Waals surface area contributed by atoms with Crippen LogP contribution in [0.2, 0.25) is 0 Å². The third-order valence-corrected chi connectivity index (χ3v) is 4.37. The number of amides is 1. The number of rotatable bonds is 10. The molecular formula is C24H25NO6. The fourth-order valence-corrected chi connectivity index (χ4v) is 2.90. The highest BCUT2D eigenvalue weighted by Crippen LogP contribution is 2.38. The maximum absolute atomic E-state index is 12.5. The lowest BCUT2D eigenvalue weighted by atomic mass is 10.1. The normalized spacial score (nSPS) is 10.2. The van der Waals surface area contributed by atoms with E-state index in [9.17, 15) is 4.79 Å². The molecule has 0 aliphatic carbocycles. The molecule has 3 aromatic carbocycles. The number of hydrogen-bond acceptors (Lipinski definition) is 6. The van der Waals surface area contributed by atoms with E-state index in [1.165, 1.54) is 21.3 Å². The molecule has 0 atom stereocenters. The number of carbonyl (C=O) groups excluding carboxylic acids is 1. The average Bonchev–Trinajstić information content (AvgIpc) is 2.81. The van der Waals surface area contributed by atoms with Crippen molar-refractivity contribution in [3.63, 3.8) is 0 Å². The minimum absolute atomic E-state index is 0.274.